The van der Waals surface area contributed by atoms with Crippen molar-refractivity contribution in [1.82, 2.24) is 4.98 Å². The SMILES string of the molecule is CC[C@@H](O)[C@@H](N)c1cccc2[nH]ccc12. The van der Waals surface area contributed by atoms with Gasteiger partial charge in [-0.15, -0.1) is 0 Å². The predicted octanol–water partition coefficient (Wildman–Crippen LogP) is 1.94. The molecule has 2 atom stereocenters. The second kappa shape index (κ2) is 4.04. The Morgan fingerprint density at radius 2 is 2.20 bits per heavy atom. The molecule has 0 spiro atoms. The molecule has 0 aliphatic carbocycles. The molecule has 0 amide bonds. The fourth-order valence-corrected chi connectivity index (χ4v) is 1.86. The number of hydrogen-bond donors (Lipinski definition) is 3. The minimum Gasteiger partial charge on any atom is -0.391 e. The van der Waals surface area contributed by atoms with E-state index in [1.54, 1.807) is 0 Å². The van der Waals surface area contributed by atoms with Crippen molar-refractivity contribution in [2.45, 2.75) is 25.5 Å². The van der Waals surface area contributed by atoms with Crippen LogP contribution in [0.3, 0.4) is 0 Å². The van der Waals surface area contributed by atoms with Crippen LogP contribution in [0, 0.1) is 0 Å². The molecule has 80 valence electrons. The molecule has 0 bridgehead atoms. The lowest BCUT2D eigenvalue weighted by Gasteiger charge is -2.18. The van der Waals surface area contributed by atoms with E-state index in [2.05, 4.69) is 4.98 Å². The molecule has 3 heteroatoms. The van der Waals surface area contributed by atoms with E-state index >= 15 is 0 Å². The fourth-order valence-electron chi connectivity index (χ4n) is 1.86. The van der Waals surface area contributed by atoms with Gasteiger partial charge in [0, 0.05) is 17.1 Å². The van der Waals surface area contributed by atoms with Gasteiger partial charge in [0.25, 0.3) is 0 Å². The maximum Gasteiger partial charge on any atom is 0.0730 e. The Morgan fingerprint density at radius 1 is 1.40 bits per heavy atom. The molecule has 0 saturated heterocycles. The van der Waals surface area contributed by atoms with Crippen molar-refractivity contribution in [3.05, 3.63) is 36.0 Å². The lowest BCUT2D eigenvalue weighted by atomic mass is 9.97. The lowest BCUT2D eigenvalue weighted by molar-refractivity contribution is 0.141. The largest absolute Gasteiger partial charge is 0.391 e. The van der Waals surface area contributed by atoms with Gasteiger partial charge in [0.05, 0.1) is 12.1 Å². The van der Waals surface area contributed by atoms with E-state index < -0.39 is 6.10 Å². The summed E-state index contributed by atoms with van der Waals surface area (Å²) < 4.78 is 0. The van der Waals surface area contributed by atoms with Crippen molar-refractivity contribution in [2.75, 3.05) is 0 Å². The van der Waals surface area contributed by atoms with E-state index in [1.165, 1.54) is 0 Å². The summed E-state index contributed by atoms with van der Waals surface area (Å²) >= 11 is 0. The summed E-state index contributed by atoms with van der Waals surface area (Å²) in [5.74, 6) is 0. The molecule has 1 aromatic carbocycles. The molecule has 1 heterocycles. The van der Waals surface area contributed by atoms with Crippen molar-refractivity contribution in [1.29, 1.82) is 0 Å². The van der Waals surface area contributed by atoms with Gasteiger partial charge in [0.15, 0.2) is 0 Å². The highest BCUT2D eigenvalue weighted by molar-refractivity contribution is 5.83. The molecule has 0 fully saturated rings. The van der Waals surface area contributed by atoms with Crippen LogP contribution in [0.5, 0.6) is 0 Å². The van der Waals surface area contributed by atoms with Gasteiger partial charge in [-0.05, 0) is 24.1 Å². The first kappa shape index (κ1) is 10.2. The molecule has 0 radical (unpaired) electrons. The van der Waals surface area contributed by atoms with Crippen LogP contribution in [0.4, 0.5) is 0 Å². The Morgan fingerprint density at radius 3 is 2.93 bits per heavy atom. The lowest BCUT2D eigenvalue weighted by Crippen LogP contribution is -2.25. The van der Waals surface area contributed by atoms with Crippen LogP contribution in [-0.4, -0.2) is 16.2 Å². The number of benzene rings is 1. The molecule has 1 aromatic heterocycles. The summed E-state index contributed by atoms with van der Waals surface area (Å²) in [6, 6.07) is 7.61. The number of aromatic nitrogens is 1. The number of aliphatic hydroxyl groups is 1. The number of fused-ring (bicyclic) bond motifs is 1. The number of rotatable bonds is 3. The molecular weight excluding hydrogens is 188 g/mol. The van der Waals surface area contributed by atoms with Gasteiger partial charge in [0.2, 0.25) is 0 Å². The molecule has 0 unspecified atom stereocenters. The number of aliphatic hydroxyl groups excluding tert-OH is 1. The van der Waals surface area contributed by atoms with Gasteiger partial charge < -0.3 is 15.8 Å². The highest BCUT2D eigenvalue weighted by atomic mass is 16.3. The first-order valence-corrected chi connectivity index (χ1v) is 5.23. The number of nitrogens with one attached hydrogen (secondary N) is 1. The first-order valence-electron chi connectivity index (χ1n) is 5.23. The standard InChI is InChI=1S/C12H16N2O/c1-2-11(15)12(13)9-4-3-5-10-8(9)6-7-14-10/h3-7,11-12,14-15H,2,13H2,1H3/t11-,12+/m1/s1. The number of nitrogens with two attached hydrogens (primary N) is 1. The third-order valence-corrected chi connectivity index (χ3v) is 2.82. The Bertz CT molecular complexity index is 450. The maximum absolute atomic E-state index is 9.74. The summed E-state index contributed by atoms with van der Waals surface area (Å²) in [4.78, 5) is 3.13. The van der Waals surface area contributed by atoms with Crippen LogP contribution in [0.1, 0.15) is 24.9 Å². The molecule has 0 aliphatic heterocycles. The highest BCUT2D eigenvalue weighted by Gasteiger charge is 2.17. The molecule has 15 heavy (non-hydrogen) atoms. The van der Waals surface area contributed by atoms with Crippen molar-refractivity contribution in [3.8, 4) is 0 Å². The van der Waals surface area contributed by atoms with Crippen LogP contribution in [-0.2, 0) is 0 Å². The average molecular weight is 204 g/mol. The fraction of sp³-hybridized carbons (Fsp3) is 0.333. The summed E-state index contributed by atoms with van der Waals surface area (Å²) in [5, 5.41) is 10.8. The van der Waals surface area contributed by atoms with E-state index in [1.807, 2.05) is 37.4 Å². The molecule has 3 nitrogen and oxygen atoms in total. The average Bonchev–Trinajstić information content (AvgIpc) is 2.74. The third kappa shape index (κ3) is 1.76. The van der Waals surface area contributed by atoms with Crippen LogP contribution in [0.2, 0.25) is 0 Å². The van der Waals surface area contributed by atoms with Gasteiger partial charge in [0.1, 0.15) is 0 Å². The zero-order valence-electron chi connectivity index (χ0n) is 8.77. The van der Waals surface area contributed by atoms with E-state index in [-0.39, 0.29) is 6.04 Å². The van der Waals surface area contributed by atoms with Crippen molar-refractivity contribution in [2.24, 2.45) is 5.73 Å². The van der Waals surface area contributed by atoms with Crippen LogP contribution in [0.15, 0.2) is 30.5 Å². The monoisotopic (exact) mass is 204 g/mol. The number of aromatic amines is 1. The second-order valence-corrected chi connectivity index (χ2v) is 3.79. The Balaban J connectivity index is 2.46. The van der Waals surface area contributed by atoms with Gasteiger partial charge >= 0.3 is 0 Å². The third-order valence-electron chi connectivity index (χ3n) is 2.82. The van der Waals surface area contributed by atoms with E-state index in [0.717, 1.165) is 16.5 Å². The van der Waals surface area contributed by atoms with Gasteiger partial charge in [-0.1, -0.05) is 19.1 Å². The van der Waals surface area contributed by atoms with Crippen molar-refractivity contribution >= 4 is 10.9 Å². The molecule has 0 saturated carbocycles. The van der Waals surface area contributed by atoms with Crippen molar-refractivity contribution < 1.29 is 5.11 Å². The maximum atomic E-state index is 9.74. The smallest absolute Gasteiger partial charge is 0.0730 e. The Hall–Kier alpha value is -1.32. The topological polar surface area (TPSA) is 62.0 Å². The number of hydrogen-bond acceptors (Lipinski definition) is 2. The van der Waals surface area contributed by atoms with Gasteiger partial charge in [-0.2, -0.15) is 0 Å². The molecule has 0 aliphatic rings. The molecule has 4 N–H and O–H groups in total. The minimum atomic E-state index is -0.481. The second-order valence-electron chi connectivity index (χ2n) is 3.79. The zero-order valence-corrected chi connectivity index (χ0v) is 8.77. The van der Waals surface area contributed by atoms with Gasteiger partial charge in [-0.3, -0.25) is 0 Å². The van der Waals surface area contributed by atoms with Crippen LogP contribution < -0.4 is 5.73 Å². The van der Waals surface area contributed by atoms with E-state index in [0.29, 0.717) is 6.42 Å². The quantitative estimate of drug-likeness (QED) is 0.715. The minimum absolute atomic E-state index is 0.311. The number of H-pyrrole nitrogens is 1. The van der Waals surface area contributed by atoms with Crippen LogP contribution >= 0.6 is 0 Å². The molecule has 2 aromatic rings. The Labute approximate surface area is 88.9 Å². The summed E-state index contributed by atoms with van der Waals surface area (Å²) in [7, 11) is 0. The zero-order chi connectivity index (χ0) is 10.8. The summed E-state index contributed by atoms with van der Waals surface area (Å²) in [6.07, 6.45) is 2.08. The normalized spacial score (nSPS) is 15.4. The van der Waals surface area contributed by atoms with Gasteiger partial charge in [-0.25, -0.2) is 0 Å². The van der Waals surface area contributed by atoms with Crippen LogP contribution in [0.25, 0.3) is 10.9 Å². The summed E-state index contributed by atoms with van der Waals surface area (Å²) in [6.45, 7) is 1.93. The molecule has 2 rings (SSSR count). The predicted molar refractivity (Wildman–Crippen MR) is 61.5 cm³/mol. The summed E-state index contributed by atoms with van der Waals surface area (Å²) in [5.41, 5.74) is 8.07. The van der Waals surface area contributed by atoms with Crippen molar-refractivity contribution in [3.63, 3.8) is 0 Å². The molecular formula is C12H16N2O. The van der Waals surface area contributed by atoms with E-state index in [9.17, 15) is 5.11 Å². The van der Waals surface area contributed by atoms with E-state index in [4.69, 9.17) is 5.73 Å². The Kier molecular flexibility index (Phi) is 2.75. The first-order chi connectivity index (χ1) is 7.24. The highest BCUT2D eigenvalue weighted by Crippen LogP contribution is 2.24.